The minimum atomic E-state index is 0.204. The van der Waals surface area contributed by atoms with Crippen LogP contribution in [0.1, 0.15) is 43.8 Å². The molecule has 0 spiro atoms. The number of carbonyl (C=O) groups excluding carboxylic acids is 1. The number of aromatic nitrogens is 2. The fourth-order valence-electron chi connectivity index (χ4n) is 2.77. The van der Waals surface area contributed by atoms with E-state index in [0.717, 1.165) is 18.2 Å². The van der Waals surface area contributed by atoms with E-state index in [1.165, 1.54) is 25.7 Å². The van der Waals surface area contributed by atoms with E-state index in [2.05, 4.69) is 15.3 Å². The highest BCUT2D eigenvalue weighted by Crippen LogP contribution is 2.38. The molecule has 5 nitrogen and oxygen atoms in total. The molecule has 1 amide bonds. The van der Waals surface area contributed by atoms with Crippen molar-refractivity contribution in [3.05, 3.63) is 18.1 Å². The van der Waals surface area contributed by atoms with Crippen LogP contribution in [-0.2, 0) is 4.79 Å². The number of nitrogens with zero attached hydrogens (tertiary/aromatic N) is 3. The summed E-state index contributed by atoms with van der Waals surface area (Å²) in [6.07, 6.45) is 7.19. The zero-order chi connectivity index (χ0) is 12.8. The summed E-state index contributed by atoms with van der Waals surface area (Å²) in [6, 6.07) is 2.62. The van der Waals surface area contributed by atoms with Crippen LogP contribution in [0.4, 0.5) is 5.82 Å². The van der Waals surface area contributed by atoms with Gasteiger partial charge in [0.15, 0.2) is 0 Å². The van der Waals surface area contributed by atoms with Crippen LogP contribution in [0.25, 0.3) is 0 Å². The van der Waals surface area contributed by atoms with Gasteiger partial charge in [-0.2, -0.15) is 0 Å². The smallest absolute Gasteiger partial charge is 0.225 e. The molecule has 1 aromatic heterocycles. The van der Waals surface area contributed by atoms with E-state index in [9.17, 15) is 4.79 Å². The molecular formula is C14H18N4O. The van der Waals surface area contributed by atoms with Gasteiger partial charge in [-0.15, -0.1) is 0 Å². The number of anilines is 1. The minimum Gasteiger partial charge on any atom is -0.365 e. The predicted molar refractivity (Wildman–Crippen MR) is 70.8 cm³/mol. The van der Waals surface area contributed by atoms with Crippen molar-refractivity contribution in [2.45, 2.75) is 50.1 Å². The topological polar surface area (TPSA) is 58.1 Å². The lowest BCUT2D eigenvalue weighted by molar-refractivity contribution is -0.128. The summed E-state index contributed by atoms with van der Waals surface area (Å²) < 4.78 is 0. The van der Waals surface area contributed by atoms with Crippen molar-refractivity contribution in [1.29, 1.82) is 0 Å². The highest BCUT2D eigenvalue weighted by atomic mass is 16.2. The summed E-state index contributed by atoms with van der Waals surface area (Å²) in [5.74, 6) is 2.67. The Balaban J connectivity index is 1.43. The van der Waals surface area contributed by atoms with E-state index in [4.69, 9.17) is 0 Å². The van der Waals surface area contributed by atoms with Crippen molar-refractivity contribution in [1.82, 2.24) is 14.9 Å². The molecular weight excluding hydrogens is 240 g/mol. The molecule has 2 heterocycles. The maximum absolute atomic E-state index is 11.9. The SMILES string of the molecule is O=C1CC(Nc2ccnc(C3CC3)n2)CN1C1CC1. The number of hydrogen-bond acceptors (Lipinski definition) is 4. The van der Waals surface area contributed by atoms with Gasteiger partial charge >= 0.3 is 0 Å². The summed E-state index contributed by atoms with van der Waals surface area (Å²) in [4.78, 5) is 22.8. The Bertz CT molecular complexity index is 510. The number of hydrogen-bond donors (Lipinski definition) is 1. The largest absolute Gasteiger partial charge is 0.365 e. The Hall–Kier alpha value is -1.65. The van der Waals surface area contributed by atoms with Crippen molar-refractivity contribution in [3.8, 4) is 0 Å². The number of amides is 1. The standard InChI is InChI=1S/C14H18N4O/c19-13-7-10(8-18(13)11-3-4-11)16-12-5-6-15-14(17-12)9-1-2-9/h5-6,9-11H,1-4,7-8H2,(H,15,16,17). The van der Waals surface area contributed by atoms with E-state index in [1.54, 1.807) is 0 Å². The van der Waals surface area contributed by atoms with Crippen LogP contribution < -0.4 is 5.32 Å². The minimum absolute atomic E-state index is 0.204. The Morgan fingerprint density at radius 1 is 1.26 bits per heavy atom. The molecule has 19 heavy (non-hydrogen) atoms. The molecule has 1 aliphatic heterocycles. The summed E-state index contributed by atoms with van der Waals surface area (Å²) in [6.45, 7) is 0.826. The van der Waals surface area contributed by atoms with E-state index in [-0.39, 0.29) is 11.9 Å². The molecule has 1 saturated heterocycles. The molecule has 1 atom stereocenters. The quantitative estimate of drug-likeness (QED) is 0.889. The first-order valence-electron chi connectivity index (χ1n) is 7.18. The number of nitrogens with one attached hydrogen (secondary N) is 1. The van der Waals surface area contributed by atoms with Gasteiger partial charge in [-0.1, -0.05) is 0 Å². The molecule has 0 radical (unpaired) electrons. The maximum atomic E-state index is 11.9. The molecule has 2 saturated carbocycles. The number of likely N-dealkylation sites (tertiary alicyclic amines) is 1. The van der Waals surface area contributed by atoms with Gasteiger partial charge in [0, 0.05) is 31.1 Å². The Labute approximate surface area is 112 Å². The number of rotatable bonds is 4. The van der Waals surface area contributed by atoms with Crippen molar-refractivity contribution >= 4 is 11.7 Å². The normalized spacial score (nSPS) is 26.8. The average molecular weight is 258 g/mol. The van der Waals surface area contributed by atoms with Crippen molar-refractivity contribution in [3.63, 3.8) is 0 Å². The summed E-state index contributed by atoms with van der Waals surface area (Å²) in [7, 11) is 0. The highest BCUT2D eigenvalue weighted by molar-refractivity contribution is 5.80. The van der Waals surface area contributed by atoms with Gasteiger partial charge in [0.25, 0.3) is 0 Å². The Kier molecular flexibility index (Phi) is 2.47. The van der Waals surface area contributed by atoms with Crippen LogP contribution >= 0.6 is 0 Å². The maximum Gasteiger partial charge on any atom is 0.225 e. The summed E-state index contributed by atoms with van der Waals surface area (Å²) >= 11 is 0. The van der Waals surface area contributed by atoms with Crippen molar-refractivity contribution < 1.29 is 4.79 Å². The summed E-state index contributed by atoms with van der Waals surface area (Å²) in [5.41, 5.74) is 0. The third-order valence-corrected chi connectivity index (χ3v) is 4.11. The van der Waals surface area contributed by atoms with Gasteiger partial charge < -0.3 is 10.2 Å². The second-order valence-corrected chi connectivity index (χ2v) is 5.90. The van der Waals surface area contributed by atoms with Crippen molar-refractivity contribution in [2.24, 2.45) is 0 Å². The lowest BCUT2D eigenvalue weighted by Gasteiger charge is -2.16. The highest BCUT2D eigenvalue weighted by Gasteiger charge is 2.39. The molecule has 1 N–H and O–H groups in total. The van der Waals surface area contributed by atoms with Gasteiger partial charge in [0.2, 0.25) is 5.91 Å². The Morgan fingerprint density at radius 3 is 2.84 bits per heavy atom. The molecule has 0 bridgehead atoms. The van der Waals surface area contributed by atoms with Crippen LogP contribution in [0.3, 0.4) is 0 Å². The molecule has 3 aliphatic rings. The third-order valence-electron chi connectivity index (χ3n) is 4.11. The van der Waals surface area contributed by atoms with Gasteiger partial charge in [-0.05, 0) is 31.7 Å². The molecule has 3 fully saturated rings. The molecule has 2 aliphatic carbocycles. The average Bonchev–Trinajstić information content (AvgIpc) is 3.29. The Morgan fingerprint density at radius 2 is 2.11 bits per heavy atom. The monoisotopic (exact) mass is 258 g/mol. The van der Waals surface area contributed by atoms with Crippen molar-refractivity contribution in [2.75, 3.05) is 11.9 Å². The second-order valence-electron chi connectivity index (χ2n) is 5.90. The van der Waals surface area contributed by atoms with Gasteiger partial charge in [0.05, 0.1) is 6.04 Å². The van der Waals surface area contributed by atoms with Crippen LogP contribution in [0, 0.1) is 0 Å². The molecule has 1 unspecified atom stereocenters. The van der Waals surface area contributed by atoms with E-state index in [0.29, 0.717) is 18.4 Å². The molecule has 100 valence electrons. The zero-order valence-corrected chi connectivity index (χ0v) is 10.9. The van der Waals surface area contributed by atoms with Gasteiger partial charge in [0.1, 0.15) is 11.6 Å². The second kappa shape index (κ2) is 4.18. The third kappa shape index (κ3) is 2.29. The van der Waals surface area contributed by atoms with E-state index >= 15 is 0 Å². The molecule has 5 heteroatoms. The van der Waals surface area contributed by atoms with Gasteiger partial charge in [-0.25, -0.2) is 9.97 Å². The van der Waals surface area contributed by atoms with Crippen LogP contribution in [0.15, 0.2) is 12.3 Å². The van der Waals surface area contributed by atoms with Crippen LogP contribution in [0.5, 0.6) is 0 Å². The first-order chi connectivity index (χ1) is 9.29. The number of carbonyl (C=O) groups is 1. The van der Waals surface area contributed by atoms with Crippen LogP contribution in [-0.4, -0.2) is 39.4 Å². The van der Waals surface area contributed by atoms with E-state index < -0.39 is 0 Å². The lowest BCUT2D eigenvalue weighted by atomic mass is 10.2. The molecule has 0 aromatic carbocycles. The fourth-order valence-corrected chi connectivity index (χ4v) is 2.77. The molecule has 1 aromatic rings. The predicted octanol–water partition coefficient (Wildman–Crippen LogP) is 1.53. The fraction of sp³-hybridized carbons (Fsp3) is 0.643. The summed E-state index contributed by atoms with van der Waals surface area (Å²) in [5, 5.41) is 3.39. The van der Waals surface area contributed by atoms with E-state index in [1.807, 2.05) is 17.2 Å². The van der Waals surface area contributed by atoms with Gasteiger partial charge in [-0.3, -0.25) is 4.79 Å². The first-order valence-corrected chi connectivity index (χ1v) is 7.18. The first kappa shape index (κ1) is 11.2. The molecule has 4 rings (SSSR count). The lowest BCUT2D eigenvalue weighted by Crippen LogP contribution is -2.29. The van der Waals surface area contributed by atoms with Crippen LogP contribution in [0.2, 0.25) is 0 Å². The zero-order valence-electron chi connectivity index (χ0n) is 10.9.